The molecule has 0 aliphatic carbocycles. The van der Waals surface area contributed by atoms with E-state index in [4.69, 9.17) is 9.47 Å². The number of ether oxygens (including phenoxy) is 2. The minimum absolute atomic E-state index is 0.0352. The highest BCUT2D eigenvalue weighted by molar-refractivity contribution is 5.96. The fourth-order valence-electron chi connectivity index (χ4n) is 3.84. The van der Waals surface area contributed by atoms with Crippen molar-refractivity contribution in [3.8, 4) is 5.75 Å². The molecular formula is C22H25F3N6O3. The van der Waals surface area contributed by atoms with Crippen molar-refractivity contribution in [2.24, 2.45) is 0 Å². The summed E-state index contributed by atoms with van der Waals surface area (Å²) in [7, 11) is 1.46. The third-order valence-corrected chi connectivity index (χ3v) is 5.40. The standard InChI is InChI=1S/C22H25F3N6O3/c1-4-26-18-17-14(22(23,24)25)10-27-19(17)30-21(29-18)28-15-6-5-13(9-16(15)33-3)20(32)31-7-8-34-12(2)11-31/h5-6,9-10,12H,4,7-8,11H2,1-3H3,(H3,26,27,28,29,30). The molecule has 1 unspecified atom stereocenters. The molecular weight excluding hydrogens is 453 g/mol. The van der Waals surface area contributed by atoms with Gasteiger partial charge in [0.05, 0.1) is 36.5 Å². The average Bonchev–Trinajstić information content (AvgIpc) is 3.24. The summed E-state index contributed by atoms with van der Waals surface area (Å²) in [6.07, 6.45) is -3.72. The molecule has 1 atom stereocenters. The summed E-state index contributed by atoms with van der Waals surface area (Å²) < 4.78 is 51.1. The maximum absolute atomic E-state index is 13.4. The number of aromatic amines is 1. The van der Waals surface area contributed by atoms with Gasteiger partial charge in [0.1, 0.15) is 17.2 Å². The second-order valence-electron chi connectivity index (χ2n) is 7.82. The number of amides is 1. The largest absolute Gasteiger partial charge is 0.495 e. The van der Waals surface area contributed by atoms with Crippen LogP contribution in [0.4, 0.5) is 30.6 Å². The molecule has 1 amide bonds. The molecule has 1 aromatic carbocycles. The summed E-state index contributed by atoms with van der Waals surface area (Å²) in [4.78, 5) is 25.6. The minimum atomic E-state index is -4.55. The molecule has 3 N–H and O–H groups in total. The van der Waals surface area contributed by atoms with Gasteiger partial charge >= 0.3 is 6.18 Å². The highest BCUT2D eigenvalue weighted by atomic mass is 19.4. The Morgan fingerprint density at radius 3 is 2.82 bits per heavy atom. The number of hydrogen-bond donors (Lipinski definition) is 3. The normalized spacial score (nSPS) is 16.5. The number of alkyl halides is 3. The molecule has 9 nitrogen and oxygen atoms in total. The second-order valence-corrected chi connectivity index (χ2v) is 7.82. The van der Waals surface area contributed by atoms with Crippen LogP contribution in [-0.2, 0) is 10.9 Å². The lowest BCUT2D eigenvalue weighted by Crippen LogP contribution is -2.44. The molecule has 12 heteroatoms. The van der Waals surface area contributed by atoms with Crippen LogP contribution in [0.25, 0.3) is 11.0 Å². The molecule has 1 aliphatic heterocycles. The molecule has 2 aromatic heterocycles. The number of nitrogens with zero attached hydrogens (tertiary/aromatic N) is 3. The van der Waals surface area contributed by atoms with Crippen molar-refractivity contribution >= 4 is 34.4 Å². The van der Waals surface area contributed by atoms with Gasteiger partial charge in [-0.1, -0.05) is 0 Å². The van der Waals surface area contributed by atoms with E-state index in [9.17, 15) is 18.0 Å². The van der Waals surface area contributed by atoms with Gasteiger partial charge in [-0.15, -0.1) is 0 Å². The third kappa shape index (κ3) is 4.72. The van der Waals surface area contributed by atoms with E-state index < -0.39 is 11.7 Å². The van der Waals surface area contributed by atoms with E-state index in [1.54, 1.807) is 30.0 Å². The number of carbonyl (C=O) groups excluding carboxylic acids is 1. The number of morpholine rings is 1. The lowest BCUT2D eigenvalue weighted by Gasteiger charge is -2.31. The van der Waals surface area contributed by atoms with Gasteiger partial charge in [0.25, 0.3) is 5.91 Å². The highest BCUT2D eigenvalue weighted by Gasteiger charge is 2.35. The molecule has 0 bridgehead atoms. The van der Waals surface area contributed by atoms with Crippen molar-refractivity contribution < 1.29 is 27.4 Å². The first-order chi connectivity index (χ1) is 16.2. The van der Waals surface area contributed by atoms with Gasteiger partial charge in [0.2, 0.25) is 5.95 Å². The van der Waals surface area contributed by atoms with Crippen molar-refractivity contribution in [3.63, 3.8) is 0 Å². The zero-order valence-corrected chi connectivity index (χ0v) is 18.9. The van der Waals surface area contributed by atoms with E-state index in [2.05, 4.69) is 25.6 Å². The Kier molecular flexibility index (Phi) is 6.51. The number of hydrogen-bond acceptors (Lipinski definition) is 7. The molecule has 3 aromatic rings. The zero-order chi connectivity index (χ0) is 24.5. The van der Waals surface area contributed by atoms with Gasteiger partial charge < -0.3 is 30.0 Å². The monoisotopic (exact) mass is 478 g/mol. The molecule has 0 radical (unpaired) electrons. The summed E-state index contributed by atoms with van der Waals surface area (Å²) in [5, 5.41) is 5.71. The number of H-pyrrole nitrogens is 1. The Balaban J connectivity index is 1.64. The van der Waals surface area contributed by atoms with Crippen molar-refractivity contribution in [2.75, 3.05) is 44.0 Å². The number of benzene rings is 1. The average molecular weight is 478 g/mol. The Morgan fingerprint density at radius 1 is 1.35 bits per heavy atom. The van der Waals surface area contributed by atoms with Crippen LogP contribution >= 0.6 is 0 Å². The van der Waals surface area contributed by atoms with Gasteiger partial charge in [-0.25, -0.2) is 0 Å². The van der Waals surface area contributed by atoms with Crippen molar-refractivity contribution in [1.82, 2.24) is 19.9 Å². The first-order valence-corrected chi connectivity index (χ1v) is 10.8. The van der Waals surface area contributed by atoms with E-state index in [1.807, 2.05) is 6.92 Å². The lowest BCUT2D eigenvalue weighted by molar-refractivity contribution is -0.136. The number of rotatable bonds is 6. The Labute approximate surface area is 193 Å². The van der Waals surface area contributed by atoms with E-state index in [0.717, 1.165) is 6.20 Å². The van der Waals surface area contributed by atoms with Crippen LogP contribution in [0, 0.1) is 0 Å². The van der Waals surface area contributed by atoms with Gasteiger partial charge in [-0.3, -0.25) is 4.79 Å². The van der Waals surface area contributed by atoms with Gasteiger partial charge in [0, 0.05) is 31.4 Å². The van der Waals surface area contributed by atoms with E-state index in [0.29, 0.717) is 43.2 Å². The topological polar surface area (TPSA) is 104 Å². The molecule has 34 heavy (non-hydrogen) atoms. The zero-order valence-electron chi connectivity index (χ0n) is 18.9. The maximum Gasteiger partial charge on any atom is 0.418 e. The summed E-state index contributed by atoms with van der Waals surface area (Å²) in [5.41, 5.74) is 0.0926. The number of anilines is 3. The Morgan fingerprint density at radius 2 is 2.15 bits per heavy atom. The van der Waals surface area contributed by atoms with E-state index >= 15 is 0 Å². The maximum atomic E-state index is 13.4. The molecule has 182 valence electrons. The highest BCUT2D eigenvalue weighted by Crippen LogP contribution is 2.38. The molecule has 3 heterocycles. The van der Waals surface area contributed by atoms with Crippen LogP contribution in [-0.4, -0.2) is 65.2 Å². The summed E-state index contributed by atoms with van der Waals surface area (Å²) in [6, 6.07) is 4.89. The lowest BCUT2D eigenvalue weighted by atomic mass is 10.1. The fourth-order valence-corrected chi connectivity index (χ4v) is 3.84. The number of fused-ring (bicyclic) bond motifs is 1. The number of methoxy groups -OCH3 is 1. The number of nitrogens with one attached hydrogen (secondary N) is 3. The summed E-state index contributed by atoms with van der Waals surface area (Å²) >= 11 is 0. The van der Waals surface area contributed by atoms with Crippen molar-refractivity contribution in [3.05, 3.63) is 35.5 Å². The van der Waals surface area contributed by atoms with E-state index in [-0.39, 0.29) is 34.8 Å². The third-order valence-electron chi connectivity index (χ3n) is 5.40. The molecule has 1 aliphatic rings. The minimum Gasteiger partial charge on any atom is -0.495 e. The Bertz CT molecular complexity index is 1200. The summed E-state index contributed by atoms with van der Waals surface area (Å²) in [6.45, 7) is 5.52. The molecule has 0 saturated carbocycles. The van der Waals surface area contributed by atoms with Gasteiger partial charge in [-0.05, 0) is 32.0 Å². The molecule has 1 saturated heterocycles. The first kappa shape index (κ1) is 23.6. The van der Waals surface area contributed by atoms with Crippen LogP contribution in [0.1, 0.15) is 29.8 Å². The van der Waals surface area contributed by atoms with Crippen LogP contribution in [0.3, 0.4) is 0 Å². The van der Waals surface area contributed by atoms with Crippen LogP contribution in [0.2, 0.25) is 0 Å². The summed E-state index contributed by atoms with van der Waals surface area (Å²) in [5.74, 6) is 0.343. The quantitative estimate of drug-likeness (QED) is 0.492. The predicted molar refractivity (Wildman–Crippen MR) is 121 cm³/mol. The molecule has 1 fully saturated rings. The van der Waals surface area contributed by atoms with Gasteiger partial charge in [-0.2, -0.15) is 23.1 Å². The SMILES string of the molecule is CCNc1nc(Nc2ccc(C(=O)N3CCOC(C)C3)cc2OC)nc2[nH]cc(C(F)(F)F)c12. The second kappa shape index (κ2) is 9.37. The number of aromatic nitrogens is 3. The van der Waals surface area contributed by atoms with Crippen LogP contribution in [0.5, 0.6) is 5.75 Å². The molecule has 0 spiro atoms. The number of carbonyl (C=O) groups is 1. The van der Waals surface area contributed by atoms with E-state index in [1.165, 1.54) is 7.11 Å². The fraction of sp³-hybridized carbons (Fsp3) is 0.409. The molecule has 4 rings (SSSR count). The van der Waals surface area contributed by atoms with Crippen molar-refractivity contribution in [2.45, 2.75) is 26.1 Å². The smallest absolute Gasteiger partial charge is 0.418 e. The Hall–Kier alpha value is -3.54. The van der Waals surface area contributed by atoms with Crippen molar-refractivity contribution in [1.29, 1.82) is 0 Å². The van der Waals surface area contributed by atoms with Crippen LogP contribution in [0.15, 0.2) is 24.4 Å². The first-order valence-electron chi connectivity index (χ1n) is 10.8. The predicted octanol–water partition coefficient (Wildman–Crippen LogP) is 4.02. The number of halogens is 3. The van der Waals surface area contributed by atoms with Crippen LogP contribution < -0.4 is 15.4 Å². The van der Waals surface area contributed by atoms with Gasteiger partial charge in [0.15, 0.2) is 0 Å².